The third-order valence-electron chi connectivity index (χ3n) is 6.87. The number of carbonyl (C=O) groups is 2. The molecule has 0 aliphatic carbocycles. The molecule has 2 atom stereocenters. The summed E-state index contributed by atoms with van der Waals surface area (Å²) in [6.45, 7) is 6.33. The summed E-state index contributed by atoms with van der Waals surface area (Å²) in [6.07, 6.45) is 3.40. The first-order valence-electron chi connectivity index (χ1n) is 11.0. The van der Waals surface area contributed by atoms with Crippen molar-refractivity contribution < 1.29 is 14.3 Å². The molecule has 0 radical (unpaired) electrons. The van der Waals surface area contributed by atoms with Crippen LogP contribution in [-0.2, 0) is 20.9 Å². The van der Waals surface area contributed by atoms with Crippen LogP contribution >= 0.6 is 0 Å². The highest BCUT2D eigenvalue weighted by Crippen LogP contribution is 2.37. The maximum atomic E-state index is 13.0. The molecule has 2 fully saturated rings. The van der Waals surface area contributed by atoms with Crippen molar-refractivity contribution in [3.05, 3.63) is 28.2 Å². The first-order valence-corrected chi connectivity index (χ1v) is 11.0. The monoisotopic (exact) mass is 416 g/mol. The third-order valence-corrected chi connectivity index (χ3v) is 6.87. The quantitative estimate of drug-likeness (QED) is 0.781. The zero-order chi connectivity index (χ0) is 21.3. The van der Waals surface area contributed by atoms with E-state index in [4.69, 9.17) is 4.74 Å². The number of piperidine rings is 2. The van der Waals surface area contributed by atoms with E-state index < -0.39 is 0 Å². The molecule has 164 valence electrons. The van der Waals surface area contributed by atoms with Gasteiger partial charge in [0.05, 0.1) is 13.0 Å². The van der Waals surface area contributed by atoms with E-state index in [1.54, 1.807) is 20.1 Å². The standard InChI is InChI=1S/C22H32N4O4/c1-15(27)24-8-5-18(6-9-24)25-12-16-11-17(14-25)20-4-3-19(22(29)26(20)13-16)23-21(28)7-10-30-2/h3-4,16-18H,5-14H2,1-2H3,(H,23,28)/t16-,17+/m0/s1. The van der Waals surface area contributed by atoms with E-state index in [2.05, 4.69) is 10.2 Å². The number of ether oxygens (including phenoxy) is 1. The Bertz CT molecular complexity index is 859. The van der Waals surface area contributed by atoms with Crippen LogP contribution in [0.3, 0.4) is 0 Å². The average molecular weight is 417 g/mol. The van der Waals surface area contributed by atoms with E-state index in [1.807, 2.05) is 15.5 Å². The average Bonchev–Trinajstić information content (AvgIpc) is 2.74. The number of carbonyl (C=O) groups excluding carboxylic acids is 2. The van der Waals surface area contributed by atoms with Gasteiger partial charge in [-0.05, 0) is 37.3 Å². The number of hydrogen-bond acceptors (Lipinski definition) is 5. The first-order chi connectivity index (χ1) is 14.5. The molecule has 0 unspecified atom stereocenters. The number of nitrogens with one attached hydrogen (secondary N) is 1. The summed E-state index contributed by atoms with van der Waals surface area (Å²) in [5.41, 5.74) is 1.33. The smallest absolute Gasteiger partial charge is 0.274 e. The highest BCUT2D eigenvalue weighted by atomic mass is 16.5. The zero-order valence-corrected chi connectivity index (χ0v) is 17.9. The molecule has 0 aromatic carbocycles. The highest BCUT2D eigenvalue weighted by Gasteiger charge is 2.38. The maximum Gasteiger partial charge on any atom is 0.274 e. The summed E-state index contributed by atoms with van der Waals surface area (Å²) in [4.78, 5) is 41.1. The van der Waals surface area contributed by atoms with Gasteiger partial charge in [0.2, 0.25) is 11.8 Å². The van der Waals surface area contributed by atoms with Crippen molar-refractivity contribution in [1.29, 1.82) is 0 Å². The SMILES string of the molecule is COCCC(=O)Nc1ccc2n(c1=O)C[C@H]1C[C@@H]2CN(C2CCN(C(C)=O)CC2)C1. The van der Waals surface area contributed by atoms with Crippen molar-refractivity contribution in [2.45, 2.75) is 51.1 Å². The number of aromatic nitrogens is 1. The number of hydrogen-bond donors (Lipinski definition) is 1. The minimum Gasteiger partial charge on any atom is -0.384 e. The van der Waals surface area contributed by atoms with E-state index in [9.17, 15) is 14.4 Å². The van der Waals surface area contributed by atoms with Crippen LogP contribution in [0.5, 0.6) is 0 Å². The van der Waals surface area contributed by atoms with Gasteiger partial charge >= 0.3 is 0 Å². The summed E-state index contributed by atoms with van der Waals surface area (Å²) < 4.78 is 6.81. The molecule has 2 amide bonds. The lowest BCUT2D eigenvalue weighted by Crippen LogP contribution is -2.53. The Morgan fingerprint density at radius 2 is 1.93 bits per heavy atom. The van der Waals surface area contributed by atoms with Crippen LogP contribution in [0.1, 0.15) is 44.2 Å². The fourth-order valence-corrected chi connectivity index (χ4v) is 5.33. The van der Waals surface area contributed by atoms with Crippen molar-refractivity contribution in [3.63, 3.8) is 0 Å². The Morgan fingerprint density at radius 3 is 2.63 bits per heavy atom. The minimum atomic E-state index is -0.200. The minimum absolute atomic E-state index is 0.101. The van der Waals surface area contributed by atoms with Crippen LogP contribution in [0.2, 0.25) is 0 Å². The predicted octanol–water partition coefficient (Wildman–Crippen LogP) is 1.25. The van der Waals surface area contributed by atoms with Gasteiger partial charge < -0.3 is 19.5 Å². The van der Waals surface area contributed by atoms with Crippen LogP contribution in [0.4, 0.5) is 5.69 Å². The summed E-state index contributed by atoms with van der Waals surface area (Å²) in [5.74, 6) is 0.754. The normalized spacial score (nSPS) is 24.4. The molecule has 3 aliphatic heterocycles. The number of pyridine rings is 1. The topological polar surface area (TPSA) is 83.9 Å². The van der Waals surface area contributed by atoms with E-state index >= 15 is 0 Å². The highest BCUT2D eigenvalue weighted by molar-refractivity contribution is 5.90. The molecule has 30 heavy (non-hydrogen) atoms. The van der Waals surface area contributed by atoms with Crippen molar-refractivity contribution in [3.8, 4) is 0 Å². The molecule has 2 saturated heterocycles. The molecule has 0 saturated carbocycles. The lowest BCUT2D eigenvalue weighted by atomic mass is 9.82. The Balaban J connectivity index is 1.45. The van der Waals surface area contributed by atoms with Gasteiger partial charge in [-0.25, -0.2) is 0 Å². The number of likely N-dealkylation sites (tertiary alicyclic amines) is 2. The molecule has 1 N–H and O–H groups in total. The van der Waals surface area contributed by atoms with Crippen molar-refractivity contribution in [1.82, 2.24) is 14.4 Å². The summed E-state index contributed by atoms with van der Waals surface area (Å²) in [7, 11) is 1.55. The number of rotatable bonds is 5. The molecule has 1 aromatic heterocycles. The van der Waals surface area contributed by atoms with Crippen molar-refractivity contribution >= 4 is 17.5 Å². The third kappa shape index (κ3) is 4.30. The Labute approximate surface area is 177 Å². The summed E-state index contributed by atoms with van der Waals surface area (Å²) >= 11 is 0. The van der Waals surface area contributed by atoms with Gasteiger partial charge in [0.25, 0.3) is 5.56 Å². The molecule has 0 spiro atoms. The number of methoxy groups -OCH3 is 1. The summed E-state index contributed by atoms with van der Waals surface area (Å²) in [5, 5.41) is 2.74. The van der Waals surface area contributed by atoms with Gasteiger partial charge in [-0.15, -0.1) is 0 Å². The van der Waals surface area contributed by atoms with E-state index in [0.717, 1.165) is 51.1 Å². The van der Waals surface area contributed by atoms with E-state index in [1.165, 1.54) is 0 Å². The number of fused-ring (bicyclic) bond motifs is 4. The molecule has 8 nitrogen and oxygen atoms in total. The second kappa shape index (κ2) is 8.89. The Morgan fingerprint density at radius 1 is 1.17 bits per heavy atom. The number of anilines is 1. The molecule has 2 bridgehead atoms. The summed E-state index contributed by atoms with van der Waals surface area (Å²) in [6, 6.07) is 4.28. The Kier molecular flexibility index (Phi) is 6.24. The van der Waals surface area contributed by atoms with E-state index in [0.29, 0.717) is 36.7 Å². The first kappa shape index (κ1) is 21.1. The van der Waals surface area contributed by atoms with Gasteiger partial charge in [0, 0.05) is 64.4 Å². The molecule has 4 heterocycles. The lowest BCUT2D eigenvalue weighted by molar-refractivity contribution is -0.130. The van der Waals surface area contributed by atoms with Gasteiger partial charge in [0.15, 0.2) is 0 Å². The van der Waals surface area contributed by atoms with Crippen molar-refractivity contribution in [2.24, 2.45) is 5.92 Å². The van der Waals surface area contributed by atoms with Crippen LogP contribution in [0.15, 0.2) is 16.9 Å². The number of nitrogens with zero attached hydrogens (tertiary/aromatic N) is 3. The molecular formula is C22H32N4O4. The number of amides is 2. The fraction of sp³-hybridized carbons (Fsp3) is 0.682. The second-order valence-corrected chi connectivity index (χ2v) is 8.87. The lowest BCUT2D eigenvalue weighted by Gasteiger charge is -2.47. The van der Waals surface area contributed by atoms with Crippen LogP contribution < -0.4 is 10.9 Å². The van der Waals surface area contributed by atoms with Crippen LogP contribution in [0, 0.1) is 5.92 Å². The predicted molar refractivity (Wildman–Crippen MR) is 114 cm³/mol. The molecule has 8 heteroatoms. The van der Waals surface area contributed by atoms with Crippen molar-refractivity contribution in [2.75, 3.05) is 45.2 Å². The van der Waals surface area contributed by atoms with Gasteiger partial charge in [-0.2, -0.15) is 0 Å². The van der Waals surface area contributed by atoms with Gasteiger partial charge in [-0.3, -0.25) is 19.3 Å². The zero-order valence-electron chi connectivity index (χ0n) is 17.9. The fourth-order valence-electron chi connectivity index (χ4n) is 5.33. The van der Waals surface area contributed by atoms with Gasteiger partial charge in [0.1, 0.15) is 5.69 Å². The van der Waals surface area contributed by atoms with Crippen LogP contribution in [0.25, 0.3) is 0 Å². The van der Waals surface area contributed by atoms with E-state index in [-0.39, 0.29) is 23.8 Å². The molecular weight excluding hydrogens is 384 g/mol. The molecule has 4 rings (SSSR count). The molecule has 1 aromatic rings. The van der Waals surface area contributed by atoms with Crippen LogP contribution in [-0.4, -0.2) is 72.1 Å². The molecule has 3 aliphatic rings. The Hall–Kier alpha value is -2.19. The largest absolute Gasteiger partial charge is 0.384 e. The maximum absolute atomic E-state index is 13.0. The second-order valence-electron chi connectivity index (χ2n) is 8.87. The van der Waals surface area contributed by atoms with Gasteiger partial charge in [-0.1, -0.05) is 0 Å².